The predicted molar refractivity (Wildman–Crippen MR) is 81.1 cm³/mol. The highest BCUT2D eigenvalue weighted by molar-refractivity contribution is 7.80. The molecule has 5 nitrogen and oxygen atoms in total. The smallest absolute Gasteiger partial charge is 0.259 e. The van der Waals surface area contributed by atoms with Gasteiger partial charge in [0.25, 0.3) is 5.91 Å². The molecule has 0 unspecified atom stereocenters. The van der Waals surface area contributed by atoms with Crippen molar-refractivity contribution in [1.82, 2.24) is 4.98 Å². The lowest BCUT2D eigenvalue weighted by molar-refractivity contribution is 0.102. The van der Waals surface area contributed by atoms with Gasteiger partial charge in [-0.25, -0.2) is 0 Å². The van der Waals surface area contributed by atoms with E-state index in [1.54, 1.807) is 30.3 Å². The number of carbonyl (C=O) groups is 1. The van der Waals surface area contributed by atoms with Crippen LogP contribution in [0, 0.1) is 0 Å². The largest absolute Gasteiger partial charge is 0.494 e. The SMILES string of the molecule is COc1cnccc1C(=O)Nc1ccc(C(N)=S)cc1. The first-order valence-corrected chi connectivity index (χ1v) is 6.22. The van der Waals surface area contributed by atoms with Crippen molar-refractivity contribution in [2.75, 3.05) is 12.4 Å². The first-order chi connectivity index (χ1) is 9.61. The highest BCUT2D eigenvalue weighted by atomic mass is 32.1. The standard InChI is InChI=1S/C14H13N3O2S/c1-19-12-8-16-7-6-11(12)14(18)17-10-4-2-9(3-5-10)13(15)20/h2-8H,1H3,(H2,15,20)(H,17,18). The number of methoxy groups -OCH3 is 1. The quantitative estimate of drug-likeness (QED) is 0.841. The van der Waals surface area contributed by atoms with E-state index in [4.69, 9.17) is 22.7 Å². The summed E-state index contributed by atoms with van der Waals surface area (Å²) in [4.78, 5) is 16.4. The zero-order chi connectivity index (χ0) is 14.5. The van der Waals surface area contributed by atoms with E-state index in [9.17, 15) is 4.79 Å². The summed E-state index contributed by atoms with van der Waals surface area (Å²) in [5.41, 5.74) is 7.33. The maximum Gasteiger partial charge on any atom is 0.259 e. The van der Waals surface area contributed by atoms with Crippen molar-refractivity contribution in [1.29, 1.82) is 0 Å². The lowest BCUT2D eigenvalue weighted by atomic mass is 10.2. The molecule has 0 bridgehead atoms. The van der Waals surface area contributed by atoms with E-state index in [2.05, 4.69) is 10.3 Å². The maximum atomic E-state index is 12.1. The third-order valence-corrected chi connectivity index (χ3v) is 2.91. The number of aromatic nitrogens is 1. The highest BCUT2D eigenvalue weighted by Crippen LogP contribution is 2.18. The van der Waals surface area contributed by atoms with Crippen LogP contribution in [0.3, 0.4) is 0 Å². The second-order valence-electron chi connectivity index (χ2n) is 3.97. The molecule has 2 aromatic rings. The van der Waals surface area contributed by atoms with Gasteiger partial charge in [0.1, 0.15) is 10.7 Å². The summed E-state index contributed by atoms with van der Waals surface area (Å²) >= 11 is 4.87. The molecular formula is C14H13N3O2S. The van der Waals surface area contributed by atoms with Crippen LogP contribution < -0.4 is 15.8 Å². The Morgan fingerprint density at radius 1 is 1.30 bits per heavy atom. The molecule has 0 aliphatic carbocycles. The van der Waals surface area contributed by atoms with E-state index in [-0.39, 0.29) is 5.91 Å². The summed E-state index contributed by atoms with van der Waals surface area (Å²) in [6, 6.07) is 8.57. The predicted octanol–water partition coefficient (Wildman–Crippen LogP) is 1.98. The third kappa shape index (κ3) is 3.10. The van der Waals surface area contributed by atoms with Gasteiger partial charge in [-0.3, -0.25) is 9.78 Å². The number of rotatable bonds is 4. The molecule has 0 radical (unpaired) electrons. The second-order valence-corrected chi connectivity index (χ2v) is 4.41. The molecule has 102 valence electrons. The van der Waals surface area contributed by atoms with E-state index in [1.165, 1.54) is 19.5 Å². The molecule has 0 aliphatic rings. The summed E-state index contributed by atoms with van der Waals surface area (Å²) in [5, 5.41) is 2.77. The average Bonchev–Trinajstić information content (AvgIpc) is 2.47. The molecule has 0 atom stereocenters. The number of nitrogens with one attached hydrogen (secondary N) is 1. The van der Waals surface area contributed by atoms with Crippen molar-refractivity contribution in [2.24, 2.45) is 5.73 Å². The Morgan fingerprint density at radius 2 is 2.00 bits per heavy atom. The van der Waals surface area contributed by atoms with Crippen molar-refractivity contribution in [3.8, 4) is 5.75 Å². The van der Waals surface area contributed by atoms with Crippen LogP contribution in [0.4, 0.5) is 5.69 Å². The van der Waals surface area contributed by atoms with Crippen LogP contribution in [-0.2, 0) is 0 Å². The minimum Gasteiger partial charge on any atom is -0.494 e. The van der Waals surface area contributed by atoms with Crippen LogP contribution in [0.2, 0.25) is 0 Å². The van der Waals surface area contributed by atoms with Gasteiger partial charge in [-0.15, -0.1) is 0 Å². The Morgan fingerprint density at radius 3 is 2.60 bits per heavy atom. The molecule has 0 saturated heterocycles. The summed E-state index contributed by atoms with van der Waals surface area (Å²) < 4.78 is 5.10. The van der Waals surface area contributed by atoms with Crippen molar-refractivity contribution >= 4 is 28.8 Å². The zero-order valence-electron chi connectivity index (χ0n) is 10.8. The Bertz CT molecular complexity index is 641. The Kier molecular flexibility index (Phi) is 4.27. The molecule has 1 amide bonds. The second kappa shape index (κ2) is 6.12. The topological polar surface area (TPSA) is 77.2 Å². The molecule has 1 aromatic heterocycles. The number of anilines is 1. The number of amides is 1. The Balaban J connectivity index is 2.17. The monoisotopic (exact) mass is 287 g/mol. The number of carbonyl (C=O) groups excluding carboxylic acids is 1. The number of nitrogens with two attached hydrogens (primary N) is 1. The molecule has 1 aromatic carbocycles. The van der Waals surface area contributed by atoms with Crippen molar-refractivity contribution in [3.05, 3.63) is 53.9 Å². The van der Waals surface area contributed by atoms with Crippen LogP contribution in [0.1, 0.15) is 15.9 Å². The minimum atomic E-state index is -0.271. The number of pyridine rings is 1. The molecule has 2 rings (SSSR count). The molecule has 0 aliphatic heterocycles. The third-order valence-electron chi connectivity index (χ3n) is 2.68. The number of thiocarbonyl (C=S) groups is 1. The summed E-state index contributed by atoms with van der Waals surface area (Å²) in [7, 11) is 1.49. The molecular weight excluding hydrogens is 274 g/mol. The fourth-order valence-corrected chi connectivity index (χ4v) is 1.78. The fourth-order valence-electron chi connectivity index (χ4n) is 1.65. The van der Waals surface area contributed by atoms with Gasteiger partial charge in [0.05, 0.1) is 18.9 Å². The first-order valence-electron chi connectivity index (χ1n) is 5.81. The molecule has 1 heterocycles. The summed E-state index contributed by atoms with van der Waals surface area (Å²) in [6.45, 7) is 0. The van der Waals surface area contributed by atoms with Gasteiger partial charge in [0.15, 0.2) is 0 Å². The number of ether oxygens (including phenoxy) is 1. The normalized spacial score (nSPS) is 9.85. The lowest BCUT2D eigenvalue weighted by Crippen LogP contribution is -2.14. The highest BCUT2D eigenvalue weighted by Gasteiger charge is 2.12. The van der Waals surface area contributed by atoms with Crippen LogP contribution in [0.25, 0.3) is 0 Å². The van der Waals surface area contributed by atoms with Gasteiger partial charge >= 0.3 is 0 Å². The molecule has 0 spiro atoms. The summed E-state index contributed by atoms with van der Waals surface area (Å²) in [5.74, 6) is 0.150. The summed E-state index contributed by atoms with van der Waals surface area (Å²) in [6.07, 6.45) is 3.03. The van der Waals surface area contributed by atoms with Crippen LogP contribution >= 0.6 is 12.2 Å². The van der Waals surface area contributed by atoms with Gasteiger partial charge in [0, 0.05) is 17.4 Å². The van der Waals surface area contributed by atoms with Gasteiger partial charge in [-0.05, 0) is 30.3 Å². The zero-order valence-corrected chi connectivity index (χ0v) is 11.6. The first kappa shape index (κ1) is 14.0. The maximum absolute atomic E-state index is 12.1. The van der Waals surface area contributed by atoms with Crippen LogP contribution in [-0.4, -0.2) is 23.0 Å². The number of hydrogen-bond acceptors (Lipinski definition) is 4. The van der Waals surface area contributed by atoms with Crippen molar-refractivity contribution in [2.45, 2.75) is 0 Å². The average molecular weight is 287 g/mol. The van der Waals surface area contributed by atoms with Crippen LogP contribution in [0.15, 0.2) is 42.7 Å². The molecule has 20 heavy (non-hydrogen) atoms. The molecule has 6 heteroatoms. The van der Waals surface area contributed by atoms with Crippen molar-refractivity contribution < 1.29 is 9.53 Å². The molecule has 3 N–H and O–H groups in total. The molecule has 0 saturated carbocycles. The van der Waals surface area contributed by atoms with E-state index in [0.717, 1.165) is 5.56 Å². The van der Waals surface area contributed by atoms with Gasteiger partial charge in [-0.2, -0.15) is 0 Å². The lowest BCUT2D eigenvalue weighted by Gasteiger charge is -2.09. The van der Waals surface area contributed by atoms with E-state index >= 15 is 0 Å². The minimum absolute atomic E-state index is 0.271. The van der Waals surface area contributed by atoms with E-state index < -0.39 is 0 Å². The van der Waals surface area contributed by atoms with E-state index in [1.807, 2.05) is 0 Å². The number of nitrogens with zero attached hydrogens (tertiary/aromatic N) is 1. The van der Waals surface area contributed by atoms with Crippen LogP contribution in [0.5, 0.6) is 5.75 Å². The Labute approximate surface area is 121 Å². The van der Waals surface area contributed by atoms with E-state index in [0.29, 0.717) is 22.0 Å². The Hall–Kier alpha value is -2.47. The number of hydrogen-bond donors (Lipinski definition) is 2. The van der Waals surface area contributed by atoms with Gasteiger partial charge in [-0.1, -0.05) is 12.2 Å². The van der Waals surface area contributed by atoms with Crippen molar-refractivity contribution in [3.63, 3.8) is 0 Å². The fraction of sp³-hybridized carbons (Fsp3) is 0.0714. The van der Waals surface area contributed by atoms with Gasteiger partial charge < -0.3 is 15.8 Å². The number of benzene rings is 1. The molecule has 0 fully saturated rings. The van der Waals surface area contributed by atoms with Gasteiger partial charge in [0.2, 0.25) is 0 Å².